The number of nitrogens with zero attached hydrogens (tertiary/aromatic N) is 3. The molecule has 0 bridgehead atoms. The number of rotatable bonds is 7. The van der Waals surface area contributed by atoms with Crippen LogP contribution in [0.5, 0.6) is 0 Å². The first-order chi connectivity index (χ1) is 13.8. The fourth-order valence-electron chi connectivity index (χ4n) is 4.58. The Kier molecular flexibility index (Phi) is 4.70. The maximum absolute atomic E-state index is 12.4. The molecule has 0 unspecified atom stereocenters. The second-order valence-corrected chi connectivity index (χ2v) is 8.88. The van der Waals surface area contributed by atoms with Crippen molar-refractivity contribution in [3.8, 4) is 0 Å². The zero-order chi connectivity index (χ0) is 21.0. The molecule has 2 N–H and O–H groups in total. The number of fused-ring (bicyclic) bond motifs is 2. The molecule has 0 aromatic carbocycles. The molecule has 4 atom stereocenters. The standard InChI is InChI=1S/C19H22N4O5S/c1-9-12(17(19(27)28)23-16(9)15(10(2)25)18(23)26)5-21-6-14-22(8-21)13(4-20-7-24)11(3)29-14/h6-10,15-16,25H,4-5H2,1-3H3,(H-,20,24,27,28)/t9-,10+,15+,16+/m0/s1. The Bertz CT molecular complexity index is 1050. The lowest BCUT2D eigenvalue weighted by atomic mass is 9.78. The van der Waals surface area contributed by atoms with E-state index in [1.165, 1.54) is 4.90 Å². The third kappa shape index (κ3) is 2.85. The number of aliphatic hydroxyl groups excluding tert-OH is 1. The number of aryl methyl sites for hydroxylation is 1. The number of thiazole rings is 1. The smallest absolute Gasteiger partial charge is 0.250 e. The predicted molar refractivity (Wildman–Crippen MR) is 100 cm³/mol. The highest BCUT2D eigenvalue weighted by Crippen LogP contribution is 2.46. The van der Waals surface area contributed by atoms with Crippen LogP contribution < -0.4 is 15.0 Å². The summed E-state index contributed by atoms with van der Waals surface area (Å²) in [6, 6.07) is -0.357. The third-order valence-electron chi connectivity index (χ3n) is 5.95. The maximum Gasteiger partial charge on any atom is 0.250 e. The van der Waals surface area contributed by atoms with E-state index in [9.17, 15) is 24.6 Å². The van der Waals surface area contributed by atoms with E-state index in [-0.39, 0.29) is 23.6 Å². The molecule has 29 heavy (non-hydrogen) atoms. The highest BCUT2D eigenvalue weighted by atomic mass is 32.1. The third-order valence-corrected chi connectivity index (χ3v) is 7.00. The minimum Gasteiger partial charge on any atom is -0.543 e. The first-order valence-electron chi connectivity index (χ1n) is 9.38. The van der Waals surface area contributed by atoms with E-state index in [1.54, 1.807) is 18.3 Å². The number of aliphatic carboxylic acids is 1. The lowest BCUT2D eigenvalue weighted by Crippen LogP contribution is -2.64. The summed E-state index contributed by atoms with van der Waals surface area (Å²) in [6.07, 6.45) is 3.59. The Balaban J connectivity index is 1.68. The quantitative estimate of drug-likeness (QED) is 0.329. The van der Waals surface area contributed by atoms with Gasteiger partial charge in [-0.15, -0.1) is 0 Å². The van der Waals surface area contributed by atoms with E-state index < -0.39 is 18.0 Å². The maximum atomic E-state index is 12.4. The van der Waals surface area contributed by atoms with E-state index in [0.29, 0.717) is 25.1 Å². The van der Waals surface area contributed by atoms with Gasteiger partial charge in [0.2, 0.25) is 23.5 Å². The number of aromatic nitrogens is 2. The minimum absolute atomic E-state index is 0.0783. The van der Waals surface area contributed by atoms with Crippen LogP contribution in [-0.2, 0) is 27.5 Å². The Morgan fingerprint density at radius 1 is 1.52 bits per heavy atom. The van der Waals surface area contributed by atoms with Crippen molar-refractivity contribution in [1.29, 1.82) is 0 Å². The number of amides is 2. The van der Waals surface area contributed by atoms with Gasteiger partial charge in [0.25, 0.3) is 0 Å². The van der Waals surface area contributed by atoms with Gasteiger partial charge in [-0.05, 0) is 13.8 Å². The molecule has 0 spiro atoms. The van der Waals surface area contributed by atoms with Crippen molar-refractivity contribution in [3.05, 3.63) is 34.4 Å². The average molecular weight is 418 g/mol. The second-order valence-electron chi connectivity index (χ2n) is 7.64. The number of carboxylic acid groups (broad SMARTS) is 1. The monoisotopic (exact) mass is 418 g/mol. The minimum atomic E-state index is -1.37. The SMILES string of the molecule is Cc1sc2c[n+](CC3=C(C(=O)[O-])N4C(=O)[C@H]([C@@H](C)O)[C@H]4[C@H]3C)cn2c1CNC=O. The van der Waals surface area contributed by atoms with Gasteiger partial charge in [-0.3, -0.25) is 9.59 Å². The van der Waals surface area contributed by atoms with Gasteiger partial charge >= 0.3 is 0 Å². The lowest BCUT2D eigenvalue weighted by molar-refractivity contribution is -0.688. The number of carbonyl (C=O) groups is 3. The Hall–Kier alpha value is -2.72. The molecular formula is C19H22N4O5S. The number of nitrogens with one attached hydrogen (secondary N) is 1. The van der Waals surface area contributed by atoms with Crippen molar-refractivity contribution < 1.29 is 29.2 Å². The van der Waals surface area contributed by atoms with E-state index in [1.807, 2.05) is 35.3 Å². The van der Waals surface area contributed by atoms with Crippen LogP contribution in [0.4, 0.5) is 0 Å². The zero-order valence-electron chi connectivity index (χ0n) is 16.3. The average Bonchev–Trinajstić information content (AvgIpc) is 3.22. The molecule has 10 heteroatoms. The first-order valence-corrected chi connectivity index (χ1v) is 10.2. The van der Waals surface area contributed by atoms with Gasteiger partial charge < -0.3 is 25.2 Å². The molecule has 4 rings (SSSR count). The summed E-state index contributed by atoms with van der Waals surface area (Å²) in [6.45, 7) is 6.11. The van der Waals surface area contributed by atoms with Crippen molar-refractivity contribution in [1.82, 2.24) is 14.6 Å². The molecule has 2 aromatic rings. The summed E-state index contributed by atoms with van der Waals surface area (Å²) in [5, 5.41) is 24.4. The largest absolute Gasteiger partial charge is 0.543 e. The van der Waals surface area contributed by atoms with E-state index in [0.717, 1.165) is 15.4 Å². The van der Waals surface area contributed by atoms with Crippen molar-refractivity contribution in [2.45, 2.75) is 46.0 Å². The summed E-state index contributed by atoms with van der Waals surface area (Å²) in [5.74, 6) is -2.54. The van der Waals surface area contributed by atoms with Crippen molar-refractivity contribution in [2.75, 3.05) is 0 Å². The molecule has 9 nitrogen and oxygen atoms in total. The summed E-state index contributed by atoms with van der Waals surface area (Å²) in [5.41, 5.74) is 1.49. The van der Waals surface area contributed by atoms with Crippen molar-refractivity contribution in [3.63, 3.8) is 0 Å². The van der Waals surface area contributed by atoms with Crippen LogP contribution in [0.15, 0.2) is 23.8 Å². The molecule has 2 aliphatic heterocycles. The van der Waals surface area contributed by atoms with Crippen molar-refractivity contribution in [2.24, 2.45) is 11.8 Å². The van der Waals surface area contributed by atoms with E-state index in [2.05, 4.69) is 5.32 Å². The number of hydrogen-bond acceptors (Lipinski definition) is 6. The van der Waals surface area contributed by atoms with Gasteiger partial charge in [-0.2, -0.15) is 4.40 Å². The number of hydrogen-bond donors (Lipinski definition) is 2. The van der Waals surface area contributed by atoms with Gasteiger partial charge in [0, 0.05) is 11.5 Å². The normalized spacial score (nSPS) is 24.6. The van der Waals surface area contributed by atoms with Gasteiger partial charge in [-0.1, -0.05) is 18.3 Å². The molecular weight excluding hydrogens is 396 g/mol. The zero-order valence-corrected chi connectivity index (χ0v) is 17.1. The summed E-state index contributed by atoms with van der Waals surface area (Å²) < 4.78 is 3.84. The Morgan fingerprint density at radius 3 is 2.86 bits per heavy atom. The van der Waals surface area contributed by atoms with E-state index in [4.69, 9.17) is 0 Å². The molecule has 4 heterocycles. The highest BCUT2D eigenvalue weighted by Gasteiger charge is 2.58. The molecule has 2 aliphatic rings. The van der Waals surface area contributed by atoms with Gasteiger partial charge in [0.05, 0.1) is 41.2 Å². The van der Waals surface area contributed by atoms with Crippen LogP contribution in [0.1, 0.15) is 24.4 Å². The van der Waals surface area contributed by atoms with Gasteiger partial charge in [0.1, 0.15) is 18.4 Å². The number of carbonyl (C=O) groups excluding carboxylic acids is 3. The molecule has 1 fully saturated rings. The van der Waals surface area contributed by atoms with Crippen LogP contribution in [0.2, 0.25) is 0 Å². The number of imidazole rings is 1. The lowest BCUT2D eigenvalue weighted by Gasteiger charge is -2.47. The molecule has 154 valence electrons. The Morgan fingerprint density at radius 2 is 2.24 bits per heavy atom. The van der Waals surface area contributed by atoms with Gasteiger partial charge in [0.15, 0.2) is 0 Å². The topological polar surface area (TPSA) is 118 Å². The van der Waals surface area contributed by atoms with Gasteiger partial charge in [-0.25, -0.2) is 4.57 Å². The fraction of sp³-hybridized carbons (Fsp3) is 0.474. The molecule has 2 aromatic heterocycles. The van der Waals surface area contributed by atoms with Crippen LogP contribution in [0.3, 0.4) is 0 Å². The fourth-order valence-corrected chi connectivity index (χ4v) is 5.63. The van der Waals surface area contributed by atoms with E-state index >= 15 is 0 Å². The molecule has 2 amide bonds. The number of β-lactam (4-membered cyclic amide) rings is 1. The summed E-state index contributed by atoms with van der Waals surface area (Å²) in [4.78, 5) is 38.2. The predicted octanol–water partition coefficient (Wildman–Crippen LogP) is -1.30. The van der Waals surface area contributed by atoms with Crippen LogP contribution in [-0.4, -0.2) is 44.8 Å². The van der Waals surface area contributed by atoms with Crippen LogP contribution in [0.25, 0.3) is 4.83 Å². The highest BCUT2D eigenvalue weighted by molar-refractivity contribution is 7.17. The Labute approximate surface area is 170 Å². The van der Waals surface area contributed by atoms with Crippen LogP contribution in [0, 0.1) is 18.8 Å². The molecule has 0 radical (unpaired) electrons. The second kappa shape index (κ2) is 6.96. The van der Waals surface area contributed by atoms with Crippen molar-refractivity contribution >= 4 is 34.5 Å². The summed E-state index contributed by atoms with van der Waals surface area (Å²) in [7, 11) is 0. The number of aliphatic hydroxyl groups is 1. The first kappa shape index (κ1) is 19.6. The molecule has 1 saturated heterocycles. The molecule has 0 saturated carbocycles. The summed E-state index contributed by atoms with van der Waals surface area (Å²) >= 11 is 1.58. The molecule has 0 aliphatic carbocycles. The number of carboxylic acids is 1. The van der Waals surface area contributed by atoms with Crippen LogP contribution >= 0.6 is 11.3 Å².